The van der Waals surface area contributed by atoms with Crippen LogP contribution in [0.5, 0.6) is 5.75 Å². The summed E-state index contributed by atoms with van der Waals surface area (Å²) in [6.07, 6.45) is 0. The average Bonchev–Trinajstić information content (AvgIpc) is 2.92. The molecule has 0 unspecified atom stereocenters. The van der Waals surface area contributed by atoms with E-state index in [1.54, 1.807) is 18.2 Å². The van der Waals surface area contributed by atoms with Crippen molar-refractivity contribution in [2.75, 3.05) is 0 Å². The molecular weight excluding hydrogens is 344 g/mol. The SMILES string of the molecule is O=[N+]([O-])c1cc(Cl)ccc1OCc1nc2ccccc2n1C(F)F. The van der Waals surface area contributed by atoms with Crippen LogP contribution in [-0.4, -0.2) is 14.5 Å². The molecule has 24 heavy (non-hydrogen) atoms. The number of fused-ring (bicyclic) bond motifs is 1. The van der Waals surface area contributed by atoms with Crippen molar-refractivity contribution in [1.82, 2.24) is 9.55 Å². The quantitative estimate of drug-likeness (QED) is 0.497. The van der Waals surface area contributed by atoms with Gasteiger partial charge in [0.25, 0.3) is 0 Å². The minimum absolute atomic E-state index is 0.0320. The van der Waals surface area contributed by atoms with Gasteiger partial charge in [-0.15, -0.1) is 0 Å². The zero-order valence-corrected chi connectivity index (χ0v) is 12.8. The average molecular weight is 354 g/mol. The van der Waals surface area contributed by atoms with Crippen molar-refractivity contribution < 1.29 is 18.4 Å². The lowest BCUT2D eigenvalue weighted by Gasteiger charge is -2.09. The number of nitro groups is 1. The van der Waals surface area contributed by atoms with Gasteiger partial charge in [0.1, 0.15) is 6.61 Å². The molecule has 1 aromatic heterocycles. The van der Waals surface area contributed by atoms with Gasteiger partial charge in [-0.2, -0.15) is 8.78 Å². The maximum Gasteiger partial charge on any atom is 0.320 e. The van der Waals surface area contributed by atoms with E-state index < -0.39 is 11.5 Å². The summed E-state index contributed by atoms with van der Waals surface area (Å²) < 4.78 is 32.7. The largest absolute Gasteiger partial charge is 0.479 e. The summed E-state index contributed by atoms with van der Waals surface area (Å²) in [6, 6.07) is 10.3. The Kier molecular flexibility index (Phi) is 4.30. The maximum atomic E-state index is 13.3. The highest BCUT2D eigenvalue weighted by Crippen LogP contribution is 2.31. The van der Waals surface area contributed by atoms with E-state index in [2.05, 4.69) is 4.98 Å². The predicted octanol–water partition coefficient (Wildman–Crippen LogP) is 4.57. The lowest BCUT2D eigenvalue weighted by molar-refractivity contribution is -0.385. The van der Waals surface area contributed by atoms with Gasteiger partial charge in [0.05, 0.1) is 16.0 Å². The Labute approximate surface area is 139 Å². The van der Waals surface area contributed by atoms with Gasteiger partial charge < -0.3 is 4.74 Å². The van der Waals surface area contributed by atoms with Crippen molar-refractivity contribution in [2.45, 2.75) is 13.2 Å². The predicted molar refractivity (Wildman–Crippen MR) is 83.4 cm³/mol. The van der Waals surface area contributed by atoms with Crippen molar-refractivity contribution in [1.29, 1.82) is 0 Å². The van der Waals surface area contributed by atoms with Crippen LogP contribution in [0.2, 0.25) is 5.02 Å². The van der Waals surface area contributed by atoms with Gasteiger partial charge in [-0.05, 0) is 24.3 Å². The molecule has 0 radical (unpaired) electrons. The van der Waals surface area contributed by atoms with Gasteiger partial charge in [-0.3, -0.25) is 14.7 Å². The molecule has 0 aliphatic heterocycles. The number of para-hydroxylation sites is 2. The topological polar surface area (TPSA) is 70.2 Å². The standard InChI is InChI=1S/C15H10ClF2N3O3/c16-9-5-6-13(12(7-9)21(22)23)24-8-14-19-10-3-1-2-4-11(10)20(14)15(17)18/h1-7,15H,8H2. The summed E-state index contributed by atoms with van der Waals surface area (Å²) in [5.41, 5.74) is 0.306. The summed E-state index contributed by atoms with van der Waals surface area (Å²) in [4.78, 5) is 14.5. The number of hydrogen-bond acceptors (Lipinski definition) is 4. The van der Waals surface area contributed by atoms with E-state index in [1.807, 2.05) is 0 Å². The number of rotatable bonds is 5. The van der Waals surface area contributed by atoms with Crippen LogP contribution < -0.4 is 4.74 Å². The number of benzene rings is 2. The second-order valence-corrected chi connectivity index (χ2v) is 5.26. The van der Waals surface area contributed by atoms with Crippen LogP contribution in [0.15, 0.2) is 42.5 Å². The molecule has 0 N–H and O–H groups in total. The Balaban J connectivity index is 1.94. The van der Waals surface area contributed by atoms with Crippen LogP contribution in [0, 0.1) is 10.1 Å². The molecule has 3 aromatic rings. The van der Waals surface area contributed by atoms with Gasteiger partial charge in [0.2, 0.25) is 0 Å². The highest BCUT2D eigenvalue weighted by molar-refractivity contribution is 6.30. The van der Waals surface area contributed by atoms with E-state index in [9.17, 15) is 18.9 Å². The molecule has 0 fully saturated rings. The Hall–Kier alpha value is -2.74. The van der Waals surface area contributed by atoms with Crippen LogP contribution in [0.1, 0.15) is 12.4 Å². The normalized spacial score (nSPS) is 11.2. The fourth-order valence-electron chi connectivity index (χ4n) is 2.31. The smallest absolute Gasteiger partial charge is 0.320 e. The van der Waals surface area contributed by atoms with Gasteiger partial charge in [0, 0.05) is 11.1 Å². The van der Waals surface area contributed by atoms with E-state index >= 15 is 0 Å². The number of ether oxygens (including phenoxy) is 1. The van der Waals surface area contributed by atoms with Crippen LogP contribution in [0.4, 0.5) is 14.5 Å². The molecule has 0 spiro atoms. The highest BCUT2D eigenvalue weighted by Gasteiger charge is 2.20. The molecule has 0 atom stereocenters. The van der Waals surface area contributed by atoms with Gasteiger partial charge in [0.15, 0.2) is 11.6 Å². The number of imidazole rings is 1. The summed E-state index contributed by atoms with van der Waals surface area (Å²) in [5.74, 6) is -0.104. The molecule has 6 nitrogen and oxygen atoms in total. The van der Waals surface area contributed by atoms with E-state index in [0.29, 0.717) is 5.52 Å². The molecule has 9 heteroatoms. The minimum atomic E-state index is -2.81. The van der Waals surface area contributed by atoms with Crippen molar-refractivity contribution in [2.24, 2.45) is 0 Å². The van der Waals surface area contributed by atoms with Crippen LogP contribution in [0.25, 0.3) is 11.0 Å². The summed E-state index contributed by atoms with van der Waals surface area (Å²) in [6.45, 7) is -3.15. The molecule has 0 saturated heterocycles. The Morgan fingerprint density at radius 3 is 2.75 bits per heavy atom. The number of aromatic nitrogens is 2. The first-order valence-electron chi connectivity index (χ1n) is 6.78. The lowest BCUT2D eigenvalue weighted by Crippen LogP contribution is -2.08. The van der Waals surface area contributed by atoms with Gasteiger partial charge >= 0.3 is 12.2 Å². The second-order valence-electron chi connectivity index (χ2n) is 4.82. The molecule has 0 aliphatic rings. The van der Waals surface area contributed by atoms with Crippen LogP contribution >= 0.6 is 11.6 Å². The van der Waals surface area contributed by atoms with Gasteiger partial charge in [-0.1, -0.05) is 23.7 Å². The highest BCUT2D eigenvalue weighted by atomic mass is 35.5. The molecule has 2 aromatic carbocycles. The number of nitrogens with zero attached hydrogens (tertiary/aromatic N) is 3. The second kappa shape index (κ2) is 6.40. The van der Waals surface area contributed by atoms with E-state index in [0.717, 1.165) is 10.6 Å². The third kappa shape index (κ3) is 3.00. The van der Waals surface area contributed by atoms with E-state index in [-0.39, 0.29) is 34.4 Å². The molecule has 1 heterocycles. The molecular formula is C15H10ClF2N3O3. The fraction of sp³-hybridized carbons (Fsp3) is 0.133. The number of hydrogen-bond donors (Lipinski definition) is 0. The zero-order valence-electron chi connectivity index (χ0n) is 12.0. The first kappa shape index (κ1) is 16.1. The first-order chi connectivity index (χ1) is 11.5. The monoisotopic (exact) mass is 353 g/mol. The lowest BCUT2D eigenvalue weighted by atomic mass is 10.3. The Morgan fingerprint density at radius 2 is 2.04 bits per heavy atom. The summed E-state index contributed by atoms with van der Waals surface area (Å²) in [7, 11) is 0. The van der Waals surface area contributed by atoms with Crippen LogP contribution in [-0.2, 0) is 6.61 Å². The van der Waals surface area contributed by atoms with E-state index in [1.165, 1.54) is 18.2 Å². The minimum Gasteiger partial charge on any atom is -0.479 e. The fourth-order valence-corrected chi connectivity index (χ4v) is 2.48. The Morgan fingerprint density at radius 1 is 1.29 bits per heavy atom. The molecule has 0 aliphatic carbocycles. The third-order valence-electron chi connectivity index (χ3n) is 3.34. The maximum absolute atomic E-state index is 13.3. The first-order valence-corrected chi connectivity index (χ1v) is 7.16. The zero-order chi connectivity index (χ0) is 17.3. The molecule has 0 amide bonds. The summed E-state index contributed by atoms with van der Waals surface area (Å²) >= 11 is 5.72. The van der Waals surface area contributed by atoms with Crippen molar-refractivity contribution in [3.8, 4) is 5.75 Å². The Bertz CT molecular complexity index is 914. The van der Waals surface area contributed by atoms with Crippen molar-refractivity contribution in [3.05, 3.63) is 63.4 Å². The molecule has 0 bridgehead atoms. The number of alkyl halides is 2. The van der Waals surface area contributed by atoms with Crippen molar-refractivity contribution >= 4 is 28.3 Å². The molecule has 3 rings (SSSR count). The molecule has 124 valence electrons. The van der Waals surface area contributed by atoms with Crippen molar-refractivity contribution in [3.63, 3.8) is 0 Å². The van der Waals surface area contributed by atoms with E-state index in [4.69, 9.17) is 16.3 Å². The molecule has 0 saturated carbocycles. The van der Waals surface area contributed by atoms with Gasteiger partial charge in [-0.25, -0.2) is 4.98 Å². The number of nitro benzene ring substituents is 1. The number of halogens is 3. The summed E-state index contributed by atoms with van der Waals surface area (Å²) in [5, 5.41) is 11.2. The third-order valence-corrected chi connectivity index (χ3v) is 3.57. The van der Waals surface area contributed by atoms with Crippen LogP contribution in [0.3, 0.4) is 0 Å².